The molecule has 0 aliphatic rings. The van der Waals surface area contributed by atoms with Crippen LogP contribution in [0.25, 0.3) is 0 Å². The van der Waals surface area contributed by atoms with Gasteiger partial charge in [0, 0.05) is 19.5 Å². The predicted octanol–water partition coefficient (Wildman–Crippen LogP) is 0.567. The van der Waals surface area contributed by atoms with Gasteiger partial charge in [-0.05, 0) is 6.42 Å². The second-order valence-corrected chi connectivity index (χ2v) is 0.967. The van der Waals surface area contributed by atoms with Gasteiger partial charge in [0.05, 0.1) is 6.61 Å². The van der Waals surface area contributed by atoms with Crippen LogP contribution in [0.15, 0.2) is 0 Å². The minimum absolute atomic E-state index is 0. The third-order valence-electron chi connectivity index (χ3n) is 0.390. The zero-order valence-corrected chi connectivity index (χ0v) is 7.48. The van der Waals surface area contributed by atoms with E-state index in [1.807, 2.05) is 6.92 Å². The number of hydrogen-bond donors (Lipinski definition) is 0. The molecule has 0 atom stereocenters. The Morgan fingerprint density at radius 3 is 2.43 bits per heavy atom. The van der Waals surface area contributed by atoms with E-state index in [0.29, 0.717) is 13.1 Å². The van der Waals surface area contributed by atoms with Crippen molar-refractivity contribution in [1.29, 1.82) is 0 Å². The van der Waals surface area contributed by atoms with Crippen LogP contribution in [0, 0.1) is 0 Å². The van der Waals surface area contributed by atoms with Crippen LogP contribution in [-0.4, -0.2) is 13.1 Å². The topological polar surface area (TPSA) is 26.3 Å². The minimum Gasteiger partial charge on any atom is -0.468 e. The van der Waals surface area contributed by atoms with Crippen LogP contribution >= 0.6 is 0 Å². The first-order valence-corrected chi connectivity index (χ1v) is 1.97. The maximum absolute atomic E-state index is 9.34. The maximum Gasteiger partial charge on any atom is 0.293 e. The number of carbonyl (C=O) groups is 1. The van der Waals surface area contributed by atoms with E-state index in [4.69, 9.17) is 0 Å². The number of ether oxygens (including phenoxy) is 1. The zero-order valence-electron chi connectivity index (χ0n) is 4.52. The molecule has 0 fully saturated rings. The van der Waals surface area contributed by atoms with Crippen LogP contribution < -0.4 is 0 Å². The average molecular weight is 153 g/mol. The number of carbonyl (C=O) groups excluding carboxylic acids is 1. The van der Waals surface area contributed by atoms with Crippen LogP contribution in [0.2, 0.25) is 0 Å². The second kappa shape index (κ2) is 9.43. The molecule has 0 aromatic heterocycles. The van der Waals surface area contributed by atoms with Crippen molar-refractivity contribution < 1.29 is 29.0 Å². The minimum atomic E-state index is 0. The molecule has 0 N–H and O–H groups in total. The molecule has 38 valence electrons. The normalized spacial score (nSPS) is 6.43. The van der Waals surface area contributed by atoms with E-state index in [1.165, 1.54) is 0 Å². The van der Waals surface area contributed by atoms with Gasteiger partial charge in [0.25, 0.3) is 6.47 Å². The molecule has 0 aliphatic carbocycles. The zero-order chi connectivity index (χ0) is 4.83. The third-order valence-corrected chi connectivity index (χ3v) is 0.390. The molecule has 0 bridgehead atoms. The molecule has 0 spiro atoms. The van der Waals surface area contributed by atoms with Crippen molar-refractivity contribution in [1.82, 2.24) is 0 Å². The van der Waals surface area contributed by atoms with E-state index in [0.717, 1.165) is 6.42 Å². The fourth-order valence-corrected chi connectivity index (χ4v) is 0.166. The Labute approximate surface area is 56.0 Å². The van der Waals surface area contributed by atoms with Crippen LogP contribution in [0.1, 0.15) is 13.3 Å². The Morgan fingerprint density at radius 2 is 2.29 bits per heavy atom. The van der Waals surface area contributed by atoms with Crippen molar-refractivity contribution in [3.05, 3.63) is 0 Å². The van der Waals surface area contributed by atoms with E-state index < -0.39 is 0 Å². The summed E-state index contributed by atoms with van der Waals surface area (Å²) in [5, 5.41) is 0. The maximum atomic E-state index is 9.34. The summed E-state index contributed by atoms with van der Waals surface area (Å²) in [5.41, 5.74) is 0. The second-order valence-electron chi connectivity index (χ2n) is 0.967. The Balaban J connectivity index is 0. The van der Waals surface area contributed by atoms with Gasteiger partial charge in [-0.25, -0.2) is 0 Å². The molecule has 0 rings (SSSR count). The van der Waals surface area contributed by atoms with Crippen LogP contribution in [-0.2, 0) is 29.0 Å². The van der Waals surface area contributed by atoms with Crippen molar-refractivity contribution in [3.8, 4) is 0 Å². The Kier molecular flexibility index (Phi) is 13.7. The molecule has 0 aromatic carbocycles. The summed E-state index contributed by atoms with van der Waals surface area (Å²) in [6.07, 6.45) is 0.902. The molecule has 3 heteroatoms. The summed E-state index contributed by atoms with van der Waals surface area (Å²) in [7, 11) is 0. The number of hydrogen-bond acceptors (Lipinski definition) is 2. The molecule has 0 saturated heterocycles. The van der Waals surface area contributed by atoms with Crippen LogP contribution in [0.5, 0.6) is 0 Å². The molecule has 0 heterocycles. The summed E-state index contributed by atoms with van der Waals surface area (Å²) in [4.78, 5) is 9.34. The van der Waals surface area contributed by atoms with E-state index in [9.17, 15) is 4.79 Å². The Morgan fingerprint density at radius 1 is 1.71 bits per heavy atom. The van der Waals surface area contributed by atoms with Crippen molar-refractivity contribution >= 4 is 6.47 Å². The van der Waals surface area contributed by atoms with Crippen molar-refractivity contribution in [2.75, 3.05) is 6.61 Å². The number of rotatable bonds is 3. The van der Waals surface area contributed by atoms with Gasteiger partial charge in [-0.2, -0.15) is 0 Å². The molecule has 0 saturated carbocycles. The van der Waals surface area contributed by atoms with E-state index in [-0.39, 0.29) is 19.5 Å². The monoisotopic (exact) mass is 152 g/mol. The fourth-order valence-electron chi connectivity index (χ4n) is 0.166. The summed E-state index contributed by atoms with van der Waals surface area (Å²) >= 11 is 0. The first-order valence-electron chi connectivity index (χ1n) is 1.97. The Bertz CT molecular complexity index is 38.7. The van der Waals surface area contributed by atoms with E-state index >= 15 is 0 Å². The Hall–Kier alpha value is 0.0934. The molecule has 0 aromatic rings. The van der Waals surface area contributed by atoms with Gasteiger partial charge in [0.15, 0.2) is 0 Å². The first-order chi connectivity index (χ1) is 2.91. The molecule has 0 amide bonds. The van der Waals surface area contributed by atoms with Gasteiger partial charge in [-0.1, -0.05) is 6.92 Å². The molecule has 0 aliphatic heterocycles. The van der Waals surface area contributed by atoms with E-state index in [1.54, 1.807) is 0 Å². The van der Waals surface area contributed by atoms with Gasteiger partial charge in [0.2, 0.25) is 0 Å². The van der Waals surface area contributed by atoms with Gasteiger partial charge >= 0.3 is 0 Å². The predicted molar refractivity (Wildman–Crippen MR) is 22.3 cm³/mol. The fraction of sp³-hybridized carbons (Fsp3) is 0.750. The quantitative estimate of drug-likeness (QED) is 0.337. The van der Waals surface area contributed by atoms with Crippen molar-refractivity contribution in [2.45, 2.75) is 13.3 Å². The smallest absolute Gasteiger partial charge is 0.293 e. The molecular weight excluding hydrogens is 145 g/mol. The SMILES string of the molecule is CCCOC=O.[Zn]. The third kappa shape index (κ3) is 10.7. The molecular formula is C4H8O2Zn. The summed E-state index contributed by atoms with van der Waals surface area (Å²) in [5.74, 6) is 0. The molecule has 0 radical (unpaired) electrons. The van der Waals surface area contributed by atoms with Gasteiger partial charge < -0.3 is 4.74 Å². The molecule has 7 heavy (non-hydrogen) atoms. The summed E-state index contributed by atoms with van der Waals surface area (Å²) in [6.45, 7) is 2.95. The average Bonchev–Trinajstić information content (AvgIpc) is 1.61. The van der Waals surface area contributed by atoms with Gasteiger partial charge in [0.1, 0.15) is 0 Å². The van der Waals surface area contributed by atoms with Gasteiger partial charge in [-0.15, -0.1) is 0 Å². The molecule has 0 unspecified atom stereocenters. The first kappa shape index (κ1) is 10.2. The summed E-state index contributed by atoms with van der Waals surface area (Å²) in [6, 6.07) is 0. The van der Waals surface area contributed by atoms with Crippen LogP contribution in [0.3, 0.4) is 0 Å². The van der Waals surface area contributed by atoms with Crippen molar-refractivity contribution in [3.63, 3.8) is 0 Å². The summed E-state index contributed by atoms with van der Waals surface area (Å²) < 4.78 is 4.30. The molecule has 2 nitrogen and oxygen atoms in total. The van der Waals surface area contributed by atoms with Gasteiger partial charge in [-0.3, -0.25) is 4.79 Å². The van der Waals surface area contributed by atoms with E-state index in [2.05, 4.69) is 4.74 Å². The van der Waals surface area contributed by atoms with Crippen molar-refractivity contribution in [2.24, 2.45) is 0 Å². The standard InChI is InChI=1S/C4H8O2.Zn/c1-2-3-6-4-5;/h4H,2-3H2,1H3;. The van der Waals surface area contributed by atoms with Crippen LogP contribution in [0.4, 0.5) is 0 Å². The largest absolute Gasteiger partial charge is 0.468 e.